The van der Waals surface area contributed by atoms with E-state index >= 15 is 0 Å². The molecule has 0 spiro atoms. The van der Waals surface area contributed by atoms with Gasteiger partial charge in [0.1, 0.15) is 0 Å². The number of thiophene rings is 1. The topological polar surface area (TPSA) is 132 Å². The Kier molecular flexibility index (Phi) is 9.94. The first-order chi connectivity index (χ1) is 21.2. The third kappa shape index (κ3) is 7.27. The van der Waals surface area contributed by atoms with Crippen LogP contribution in [0.3, 0.4) is 0 Å². The van der Waals surface area contributed by atoms with Gasteiger partial charge in [-0.15, -0.1) is 11.3 Å². The minimum absolute atomic E-state index is 0.0584. The highest BCUT2D eigenvalue weighted by molar-refractivity contribution is 7.10. The first kappa shape index (κ1) is 31.2. The molecule has 3 heterocycles. The van der Waals surface area contributed by atoms with Gasteiger partial charge in [-0.3, -0.25) is 24.2 Å². The molecule has 2 fully saturated rings. The molecule has 1 aromatic carbocycles. The Balaban J connectivity index is 1.41. The molecule has 5 rings (SSSR count). The molecule has 0 radical (unpaired) electrons. The SMILES string of the molecule is CC1CN(c2ccc(C(=O)NC(CC(=O)O)c3cccs3)cc2NC(=O)C2CCCCC2)C(C)CN1C(=O)c1cccnc1. The average Bonchev–Trinajstić information content (AvgIpc) is 3.57. The number of nitrogens with zero attached hydrogens (tertiary/aromatic N) is 3. The molecule has 2 aromatic heterocycles. The van der Waals surface area contributed by atoms with Crippen LogP contribution >= 0.6 is 11.3 Å². The fraction of sp³-hybridized carbons (Fsp3) is 0.424. The number of piperazine rings is 1. The van der Waals surface area contributed by atoms with Gasteiger partial charge in [-0.05, 0) is 68.5 Å². The van der Waals surface area contributed by atoms with Crippen molar-refractivity contribution in [2.24, 2.45) is 5.92 Å². The van der Waals surface area contributed by atoms with Crippen molar-refractivity contribution in [1.82, 2.24) is 15.2 Å². The van der Waals surface area contributed by atoms with Gasteiger partial charge in [0.05, 0.1) is 29.4 Å². The van der Waals surface area contributed by atoms with Crippen molar-refractivity contribution in [3.8, 4) is 0 Å². The number of anilines is 2. The van der Waals surface area contributed by atoms with Crippen LogP contribution < -0.4 is 15.5 Å². The minimum atomic E-state index is -1.01. The highest BCUT2D eigenvalue weighted by atomic mass is 32.1. The quantitative estimate of drug-likeness (QED) is 0.295. The molecule has 2 aliphatic rings. The number of carbonyl (C=O) groups is 4. The Morgan fingerprint density at radius 2 is 1.80 bits per heavy atom. The van der Waals surface area contributed by atoms with Crippen LogP contribution in [0.1, 0.15) is 84.0 Å². The predicted molar refractivity (Wildman–Crippen MR) is 170 cm³/mol. The van der Waals surface area contributed by atoms with Crippen molar-refractivity contribution in [3.63, 3.8) is 0 Å². The maximum absolute atomic E-state index is 13.5. The molecule has 10 nitrogen and oxygen atoms in total. The van der Waals surface area contributed by atoms with Gasteiger partial charge in [0.2, 0.25) is 5.91 Å². The number of amides is 3. The van der Waals surface area contributed by atoms with Crippen molar-refractivity contribution in [2.45, 2.75) is 70.5 Å². The Labute approximate surface area is 261 Å². The Bertz CT molecular complexity index is 1470. The molecule has 11 heteroatoms. The third-order valence-electron chi connectivity index (χ3n) is 8.53. The van der Waals surface area contributed by atoms with E-state index in [0.29, 0.717) is 29.9 Å². The zero-order chi connectivity index (χ0) is 31.2. The number of carboxylic acids is 1. The molecule has 232 valence electrons. The van der Waals surface area contributed by atoms with Crippen LogP contribution in [-0.4, -0.2) is 63.9 Å². The van der Waals surface area contributed by atoms with Crippen molar-refractivity contribution < 1.29 is 24.3 Å². The minimum Gasteiger partial charge on any atom is -0.481 e. The Hall–Kier alpha value is -4.25. The summed E-state index contributed by atoms with van der Waals surface area (Å²) in [6.07, 6.45) is 7.81. The molecule has 0 bridgehead atoms. The summed E-state index contributed by atoms with van der Waals surface area (Å²) in [6.45, 7) is 5.05. The number of benzene rings is 1. The van der Waals surface area contributed by atoms with E-state index < -0.39 is 17.9 Å². The summed E-state index contributed by atoms with van der Waals surface area (Å²) < 4.78 is 0. The lowest BCUT2D eigenvalue weighted by molar-refractivity contribution is -0.137. The van der Waals surface area contributed by atoms with Gasteiger partial charge in [0.15, 0.2) is 0 Å². The number of pyridine rings is 1. The summed E-state index contributed by atoms with van der Waals surface area (Å²) >= 11 is 1.39. The first-order valence-corrected chi connectivity index (χ1v) is 16.1. The first-order valence-electron chi connectivity index (χ1n) is 15.2. The largest absolute Gasteiger partial charge is 0.481 e. The van der Waals surface area contributed by atoms with E-state index in [-0.39, 0.29) is 36.2 Å². The number of rotatable bonds is 9. The van der Waals surface area contributed by atoms with Crippen LogP contribution in [0.2, 0.25) is 0 Å². The second-order valence-electron chi connectivity index (χ2n) is 11.7. The summed E-state index contributed by atoms with van der Waals surface area (Å²) in [5, 5.41) is 17.3. The van der Waals surface area contributed by atoms with Gasteiger partial charge in [0, 0.05) is 53.9 Å². The molecule has 1 aliphatic heterocycles. The maximum atomic E-state index is 13.5. The molecule has 1 saturated heterocycles. The maximum Gasteiger partial charge on any atom is 0.305 e. The standard InChI is InChI=1S/C33H39N5O5S/c1-21-20-38(33(43)25-10-6-14-34-18-25)22(2)19-37(21)28-13-12-24(16-26(28)35-31(41)23-8-4-3-5-9-23)32(42)36-27(17-30(39)40)29-11-7-15-44-29/h6-7,10-16,18,21-23,27H,3-5,8-9,17,19-20H2,1-2H3,(H,35,41)(H,36,42)(H,39,40). The van der Waals surface area contributed by atoms with Gasteiger partial charge in [-0.25, -0.2) is 0 Å². The summed E-state index contributed by atoms with van der Waals surface area (Å²) in [4.78, 5) is 60.6. The Morgan fingerprint density at radius 3 is 2.48 bits per heavy atom. The van der Waals surface area contributed by atoms with Gasteiger partial charge in [0.25, 0.3) is 11.8 Å². The monoisotopic (exact) mass is 617 g/mol. The fourth-order valence-electron chi connectivity index (χ4n) is 6.16. The zero-order valence-electron chi connectivity index (χ0n) is 25.1. The van der Waals surface area contributed by atoms with Gasteiger partial charge in [-0.2, -0.15) is 0 Å². The fourth-order valence-corrected chi connectivity index (χ4v) is 6.93. The summed E-state index contributed by atoms with van der Waals surface area (Å²) in [7, 11) is 0. The van der Waals surface area contributed by atoms with E-state index in [1.165, 1.54) is 11.3 Å². The van der Waals surface area contributed by atoms with Gasteiger partial charge < -0.3 is 25.5 Å². The molecular formula is C33H39N5O5S. The molecule has 1 saturated carbocycles. The van der Waals surface area contributed by atoms with Crippen molar-refractivity contribution in [3.05, 3.63) is 76.2 Å². The van der Waals surface area contributed by atoms with Gasteiger partial charge >= 0.3 is 5.97 Å². The lowest BCUT2D eigenvalue weighted by Crippen LogP contribution is -2.58. The molecule has 3 N–H and O–H groups in total. The van der Waals surface area contributed by atoms with Crippen LogP contribution in [-0.2, 0) is 9.59 Å². The average molecular weight is 618 g/mol. The smallest absolute Gasteiger partial charge is 0.305 e. The second kappa shape index (κ2) is 14.0. The number of nitrogens with one attached hydrogen (secondary N) is 2. The van der Waals surface area contributed by atoms with Crippen LogP contribution in [0, 0.1) is 5.92 Å². The van der Waals surface area contributed by atoms with E-state index in [1.807, 2.05) is 36.3 Å². The predicted octanol–water partition coefficient (Wildman–Crippen LogP) is 5.35. The molecule has 44 heavy (non-hydrogen) atoms. The lowest BCUT2D eigenvalue weighted by Gasteiger charge is -2.46. The molecule has 3 atom stereocenters. The number of carbonyl (C=O) groups excluding carboxylic acids is 3. The molecule has 1 aliphatic carbocycles. The van der Waals surface area contributed by atoms with E-state index in [0.717, 1.165) is 42.7 Å². The summed E-state index contributed by atoms with van der Waals surface area (Å²) in [5.41, 5.74) is 2.18. The van der Waals surface area contributed by atoms with Crippen LogP contribution in [0.25, 0.3) is 0 Å². The lowest BCUT2D eigenvalue weighted by atomic mass is 9.88. The van der Waals surface area contributed by atoms with Gasteiger partial charge in [-0.1, -0.05) is 25.3 Å². The zero-order valence-corrected chi connectivity index (χ0v) is 25.9. The van der Waals surface area contributed by atoms with Crippen molar-refractivity contribution >= 4 is 46.4 Å². The van der Waals surface area contributed by atoms with Crippen molar-refractivity contribution in [2.75, 3.05) is 23.3 Å². The van der Waals surface area contributed by atoms with E-state index in [9.17, 15) is 24.3 Å². The van der Waals surface area contributed by atoms with Crippen LogP contribution in [0.4, 0.5) is 11.4 Å². The van der Waals surface area contributed by atoms with Crippen LogP contribution in [0.5, 0.6) is 0 Å². The molecular weight excluding hydrogens is 578 g/mol. The highest BCUT2D eigenvalue weighted by Crippen LogP contribution is 2.34. The van der Waals surface area contributed by atoms with E-state index in [2.05, 4.69) is 20.5 Å². The number of hydrogen-bond donors (Lipinski definition) is 3. The van der Waals surface area contributed by atoms with Crippen LogP contribution in [0.15, 0.2) is 60.2 Å². The highest BCUT2D eigenvalue weighted by Gasteiger charge is 2.34. The number of aromatic nitrogens is 1. The van der Waals surface area contributed by atoms with E-state index in [1.54, 1.807) is 42.7 Å². The number of carboxylic acid groups (broad SMARTS) is 1. The summed E-state index contributed by atoms with van der Waals surface area (Å²) in [5.74, 6) is -1.65. The Morgan fingerprint density at radius 1 is 1.00 bits per heavy atom. The molecule has 3 amide bonds. The molecule has 3 unspecified atom stereocenters. The second-order valence-corrected chi connectivity index (χ2v) is 12.7. The van der Waals surface area contributed by atoms with E-state index in [4.69, 9.17) is 0 Å². The third-order valence-corrected chi connectivity index (χ3v) is 9.51. The number of aliphatic carboxylic acids is 1. The normalized spacial score (nSPS) is 19.7. The van der Waals surface area contributed by atoms with Crippen molar-refractivity contribution in [1.29, 1.82) is 0 Å². The molecule has 3 aromatic rings. The number of hydrogen-bond acceptors (Lipinski definition) is 7. The summed E-state index contributed by atoms with van der Waals surface area (Å²) in [6, 6.07) is 11.5.